The Morgan fingerprint density at radius 2 is 1.44 bits per heavy atom. The van der Waals surface area contributed by atoms with Gasteiger partial charge in [0.2, 0.25) is 0 Å². The van der Waals surface area contributed by atoms with E-state index in [1.54, 1.807) is 12.1 Å². The van der Waals surface area contributed by atoms with E-state index in [2.05, 4.69) is 0 Å². The minimum absolute atomic E-state index is 0.0718. The van der Waals surface area contributed by atoms with Crippen LogP contribution in [0.1, 0.15) is 13.8 Å². The highest BCUT2D eigenvalue weighted by atomic mass is 16.3. The lowest BCUT2D eigenvalue weighted by Crippen LogP contribution is -1.54. The molecule has 1 rings (SSSR count). The van der Waals surface area contributed by atoms with Gasteiger partial charge in [0.05, 0.1) is 0 Å². The first-order valence-corrected chi connectivity index (χ1v) is 3.11. The molecule has 1 aromatic rings. The van der Waals surface area contributed by atoms with Crippen LogP contribution < -0.4 is 0 Å². The van der Waals surface area contributed by atoms with Crippen LogP contribution in [0, 0.1) is 0 Å². The van der Waals surface area contributed by atoms with E-state index in [0.29, 0.717) is 0 Å². The van der Waals surface area contributed by atoms with Crippen molar-refractivity contribution < 1.29 is 5.11 Å². The average Bonchev–Trinajstić information content (AvgIpc) is 1.94. The highest BCUT2D eigenvalue weighted by molar-refractivity contribution is 5.18. The van der Waals surface area contributed by atoms with Crippen LogP contribution in [0.15, 0.2) is 30.3 Å². The Labute approximate surface area is 56.0 Å². The molecule has 0 bridgehead atoms. The third kappa shape index (κ3) is 3.59. The molecule has 0 amide bonds. The molecule has 9 heavy (non-hydrogen) atoms. The van der Waals surface area contributed by atoms with Crippen molar-refractivity contribution in [3.63, 3.8) is 0 Å². The van der Waals surface area contributed by atoms with E-state index in [4.69, 9.17) is 0 Å². The van der Waals surface area contributed by atoms with Gasteiger partial charge in [-0.2, -0.15) is 0 Å². The molecule has 0 saturated carbocycles. The maximum absolute atomic E-state index is 10.3. The van der Waals surface area contributed by atoms with E-state index in [-0.39, 0.29) is 5.75 Å². The molecular formula is C8H11O. The van der Waals surface area contributed by atoms with Crippen LogP contribution in [0.5, 0.6) is 5.75 Å². The molecule has 0 aliphatic rings. The molecule has 1 aromatic carbocycles. The second-order valence-corrected chi connectivity index (χ2v) is 1.31. The Bertz CT molecular complexity index is 134. The fourth-order valence-electron chi connectivity index (χ4n) is 0.420. The summed E-state index contributed by atoms with van der Waals surface area (Å²) in [5.74, 6) is 0.0718. The highest BCUT2D eigenvalue weighted by Crippen LogP contribution is 2.04. The van der Waals surface area contributed by atoms with E-state index >= 15 is 0 Å². The molecule has 0 fully saturated rings. The largest absolute Gasteiger partial charge is 0.290 e. The van der Waals surface area contributed by atoms with E-state index in [9.17, 15) is 5.11 Å². The van der Waals surface area contributed by atoms with Gasteiger partial charge in [0.15, 0.2) is 5.75 Å². The van der Waals surface area contributed by atoms with Crippen molar-refractivity contribution >= 4 is 0 Å². The summed E-state index contributed by atoms with van der Waals surface area (Å²) in [4.78, 5) is 0. The maximum Gasteiger partial charge on any atom is 0.178 e. The van der Waals surface area contributed by atoms with Gasteiger partial charge in [0.25, 0.3) is 0 Å². The van der Waals surface area contributed by atoms with Crippen molar-refractivity contribution in [1.29, 1.82) is 0 Å². The molecule has 0 N–H and O–H groups in total. The van der Waals surface area contributed by atoms with Crippen LogP contribution in [-0.4, -0.2) is 0 Å². The van der Waals surface area contributed by atoms with Crippen molar-refractivity contribution in [1.82, 2.24) is 0 Å². The Morgan fingerprint density at radius 3 is 1.67 bits per heavy atom. The van der Waals surface area contributed by atoms with Crippen LogP contribution >= 0.6 is 0 Å². The third-order valence-electron chi connectivity index (χ3n) is 0.743. The van der Waals surface area contributed by atoms with Crippen molar-refractivity contribution in [2.75, 3.05) is 0 Å². The van der Waals surface area contributed by atoms with Crippen molar-refractivity contribution in [3.8, 4) is 5.75 Å². The summed E-state index contributed by atoms with van der Waals surface area (Å²) in [5, 5.41) is 10.3. The first-order chi connectivity index (χ1) is 4.39. The predicted molar refractivity (Wildman–Crippen MR) is 37.9 cm³/mol. The summed E-state index contributed by atoms with van der Waals surface area (Å²) < 4.78 is 0. The van der Waals surface area contributed by atoms with Gasteiger partial charge in [-0.25, -0.2) is 0 Å². The molecule has 1 heteroatoms. The first kappa shape index (κ1) is 8.02. The van der Waals surface area contributed by atoms with Crippen molar-refractivity contribution in [3.05, 3.63) is 30.3 Å². The van der Waals surface area contributed by atoms with Crippen LogP contribution in [0.25, 0.3) is 0 Å². The molecule has 1 radical (unpaired) electrons. The lowest BCUT2D eigenvalue weighted by molar-refractivity contribution is 0.355. The minimum Gasteiger partial charge on any atom is -0.290 e. The van der Waals surface area contributed by atoms with Gasteiger partial charge in [-0.05, 0) is 12.1 Å². The SMILES string of the molecule is CC.[O]c1ccccc1. The summed E-state index contributed by atoms with van der Waals surface area (Å²) in [5.41, 5.74) is 0. The molecule has 0 spiro atoms. The summed E-state index contributed by atoms with van der Waals surface area (Å²) >= 11 is 0. The number of hydrogen-bond donors (Lipinski definition) is 0. The maximum atomic E-state index is 10.3. The van der Waals surface area contributed by atoms with E-state index < -0.39 is 0 Å². The lowest BCUT2D eigenvalue weighted by atomic mass is 10.3. The monoisotopic (exact) mass is 123 g/mol. The molecule has 0 atom stereocenters. The fraction of sp³-hybridized carbons (Fsp3) is 0.250. The Hall–Kier alpha value is -0.980. The van der Waals surface area contributed by atoms with Gasteiger partial charge in [0.1, 0.15) is 0 Å². The standard InChI is InChI=1S/C6H5O.C2H6/c7-6-4-2-1-3-5-6;1-2/h1-5H;1-2H3. The van der Waals surface area contributed by atoms with Crippen LogP contribution in [0.4, 0.5) is 0 Å². The minimum atomic E-state index is 0.0718. The molecule has 0 aliphatic carbocycles. The molecule has 49 valence electrons. The van der Waals surface area contributed by atoms with Crippen LogP contribution in [0.2, 0.25) is 0 Å². The van der Waals surface area contributed by atoms with Gasteiger partial charge in [-0.1, -0.05) is 32.0 Å². The zero-order valence-electron chi connectivity index (χ0n) is 5.79. The Balaban J connectivity index is 0.000000291. The quantitative estimate of drug-likeness (QED) is 0.505. The molecule has 1 nitrogen and oxygen atoms in total. The summed E-state index contributed by atoms with van der Waals surface area (Å²) in [7, 11) is 0. The van der Waals surface area contributed by atoms with Crippen molar-refractivity contribution in [2.24, 2.45) is 0 Å². The molecule has 0 saturated heterocycles. The second kappa shape index (κ2) is 5.16. The normalized spacial score (nSPS) is 7.33. The first-order valence-electron chi connectivity index (χ1n) is 3.11. The molecule has 0 aromatic heterocycles. The Kier molecular flexibility index (Phi) is 4.60. The zero-order chi connectivity index (χ0) is 7.11. The second-order valence-electron chi connectivity index (χ2n) is 1.31. The van der Waals surface area contributed by atoms with Crippen LogP contribution in [-0.2, 0) is 5.11 Å². The highest BCUT2D eigenvalue weighted by Gasteiger charge is 1.78. The number of rotatable bonds is 0. The number of benzene rings is 1. The predicted octanol–water partition coefficient (Wildman–Crippen LogP) is 2.86. The topological polar surface area (TPSA) is 19.9 Å². The van der Waals surface area contributed by atoms with E-state index in [1.807, 2.05) is 19.9 Å². The zero-order valence-corrected chi connectivity index (χ0v) is 5.79. The van der Waals surface area contributed by atoms with E-state index in [1.165, 1.54) is 12.1 Å². The third-order valence-corrected chi connectivity index (χ3v) is 0.743. The molecule has 0 unspecified atom stereocenters. The number of hydrogen-bond acceptors (Lipinski definition) is 0. The van der Waals surface area contributed by atoms with E-state index in [0.717, 1.165) is 0 Å². The molecule has 0 aliphatic heterocycles. The summed E-state index contributed by atoms with van der Waals surface area (Å²) in [6.45, 7) is 4.00. The van der Waals surface area contributed by atoms with Gasteiger partial charge in [0, 0.05) is 0 Å². The fourth-order valence-corrected chi connectivity index (χ4v) is 0.420. The van der Waals surface area contributed by atoms with Crippen molar-refractivity contribution in [2.45, 2.75) is 13.8 Å². The van der Waals surface area contributed by atoms with Gasteiger partial charge in [-0.15, -0.1) is 0 Å². The lowest BCUT2D eigenvalue weighted by Gasteiger charge is -1.77. The van der Waals surface area contributed by atoms with Crippen LogP contribution in [0.3, 0.4) is 0 Å². The number of para-hydroxylation sites is 1. The van der Waals surface area contributed by atoms with Gasteiger partial charge < -0.3 is 0 Å². The van der Waals surface area contributed by atoms with Gasteiger partial charge in [-0.3, -0.25) is 5.11 Å². The molecular weight excluding hydrogens is 112 g/mol. The summed E-state index contributed by atoms with van der Waals surface area (Å²) in [6, 6.07) is 8.33. The average molecular weight is 123 g/mol. The smallest absolute Gasteiger partial charge is 0.178 e. The Morgan fingerprint density at radius 1 is 1.00 bits per heavy atom. The molecule has 0 heterocycles. The summed E-state index contributed by atoms with van der Waals surface area (Å²) in [6.07, 6.45) is 0. The van der Waals surface area contributed by atoms with Gasteiger partial charge >= 0.3 is 0 Å².